The summed E-state index contributed by atoms with van der Waals surface area (Å²) in [7, 11) is 0. The van der Waals surface area contributed by atoms with Gasteiger partial charge in [-0.25, -0.2) is 4.39 Å². The van der Waals surface area contributed by atoms with Crippen molar-refractivity contribution in [3.05, 3.63) is 82.5 Å². The highest BCUT2D eigenvalue weighted by molar-refractivity contribution is 7.29. The molecule has 6 aromatic rings. The lowest BCUT2D eigenvalue weighted by molar-refractivity contribution is 0.444. The Morgan fingerprint density at radius 1 is 0.537 bits per heavy atom. The number of nitrogens with zero attached hydrogens (tertiary/aromatic N) is 2. The summed E-state index contributed by atoms with van der Waals surface area (Å²) in [6.07, 6.45) is 18.5. The molecule has 6 rings (SSSR count). The van der Waals surface area contributed by atoms with Gasteiger partial charge in [0.15, 0.2) is 0 Å². The number of fused-ring (bicyclic) bond motifs is 2. The third-order valence-electron chi connectivity index (χ3n) is 11.8. The summed E-state index contributed by atoms with van der Waals surface area (Å²) in [6.45, 7) is 13.8. The Kier molecular flexibility index (Phi) is 14.9. The number of hydrogen-bond donors (Lipinski definition) is 0. The average Bonchev–Trinajstić information content (AvgIpc) is 3.92. The van der Waals surface area contributed by atoms with Crippen LogP contribution in [0.4, 0.5) is 4.39 Å². The van der Waals surface area contributed by atoms with Gasteiger partial charge in [0.05, 0.1) is 11.7 Å². The molecule has 0 saturated carbocycles. The molecule has 2 nitrogen and oxygen atoms in total. The molecule has 3 heterocycles. The summed E-state index contributed by atoms with van der Waals surface area (Å²) in [6, 6.07) is 21.9. The standard InChI is InChI=1S/C48H61FN2S3/c1-7-13-16-32(10-4)23-35-25-36(24-33(11-5)17-14-8-2)27-38(26-35)37-19-20-40(43(49)29-37)41-21-22-42(48-47(41)50-54-51-48)44-31-46-45(53-44)30-39(52-46)28-34(12-6)18-15-9-3/h19-22,25-27,29-34H,7-18,23-24,28H2,1-6H3. The van der Waals surface area contributed by atoms with Crippen molar-refractivity contribution in [1.82, 2.24) is 8.75 Å². The van der Waals surface area contributed by atoms with Crippen LogP contribution in [0.5, 0.6) is 0 Å². The van der Waals surface area contributed by atoms with Gasteiger partial charge in [-0.15, -0.1) is 22.7 Å². The Morgan fingerprint density at radius 3 is 1.63 bits per heavy atom. The molecule has 3 aromatic heterocycles. The fourth-order valence-corrected chi connectivity index (χ4v) is 11.4. The first-order valence-corrected chi connectivity index (χ1v) is 23.4. The van der Waals surface area contributed by atoms with E-state index >= 15 is 4.39 Å². The monoisotopic (exact) mass is 780 g/mol. The van der Waals surface area contributed by atoms with Gasteiger partial charge in [0.2, 0.25) is 0 Å². The van der Waals surface area contributed by atoms with Crippen molar-refractivity contribution in [3.8, 4) is 32.7 Å². The van der Waals surface area contributed by atoms with Crippen LogP contribution in [-0.4, -0.2) is 8.75 Å². The smallest absolute Gasteiger partial charge is 0.131 e. The van der Waals surface area contributed by atoms with Crippen molar-refractivity contribution >= 4 is 54.8 Å². The zero-order chi connectivity index (χ0) is 38.0. The van der Waals surface area contributed by atoms with Crippen LogP contribution in [0, 0.1) is 23.6 Å². The molecule has 0 fully saturated rings. The molecule has 0 aliphatic rings. The first-order chi connectivity index (χ1) is 26.4. The quantitative estimate of drug-likeness (QED) is 0.0727. The normalized spacial score (nSPS) is 13.6. The third-order valence-corrected chi connectivity index (χ3v) is 14.6. The van der Waals surface area contributed by atoms with Crippen LogP contribution in [-0.2, 0) is 19.3 Å². The van der Waals surface area contributed by atoms with Gasteiger partial charge in [-0.1, -0.05) is 161 Å². The summed E-state index contributed by atoms with van der Waals surface area (Å²) < 4.78 is 28.6. The van der Waals surface area contributed by atoms with Crippen molar-refractivity contribution in [2.75, 3.05) is 0 Å². The van der Waals surface area contributed by atoms with Gasteiger partial charge < -0.3 is 0 Å². The molecule has 0 radical (unpaired) electrons. The first-order valence-electron chi connectivity index (χ1n) is 21.1. The molecule has 3 unspecified atom stereocenters. The molecular weight excluding hydrogens is 720 g/mol. The van der Waals surface area contributed by atoms with E-state index in [0.717, 1.165) is 52.0 Å². The third kappa shape index (κ3) is 9.89. The van der Waals surface area contributed by atoms with Gasteiger partial charge in [0, 0.05) is 35.8 Å². The van der Waals surface area contributed by atoms with Crippen LogP contribution in [0.15, 0.2) is 60.7 Å². The topological polar surface area (TPSA) is 25.8 Å². The zero-order valence-corrected chi connectivity index (χ0v) is 36.1. The number of hydrogen-bond acceptors (Lipinski definition) is 5. The van der Waals surface area contributed by atoms with Crippen molar-refractivity contribution < 1.29 is 4.39 Å². The first kappa shape index (κ1) is 40.7. The second kappa shape index (κ2) is 19.8. The molecule has 3 atom stereocenters. The number of unbranched alkanes of at least 4 members (excludes halogenated alkanes) is 3. The molecule has 3 aromatic carbocycles. The molecule has 0 amide bonds. The molecule has 54 heavy (non-hydrogen) atoms. The summed E-state index contributed by atoms with van der Waals surface area (Å²) in [5, 5.41) is 0. The van der Waals surface area contributed by atoms with Crippen LogP contribution in [0.2, 0.25) is 0 Å². The molecule has 0 aliphatic heterocycles. The molecular formula is C48H61FN2S3. The van der Waals surface area contributed by atoms with E-state index in [1.54, 1.807) is 6.07 Å². The van der Waals surface area contributed by atoms with E-state index in [4.69, 9.17) is 8.75 Å². The number of rotatable bonds is 21. The van der Waals surface area contributed by atoms with Crippen LogP contribution in [0.1, 0.15) is 135 Å². The van der Waals surface area contributed by atoms with Crippen molar-refractivity contribution in [2.24, 2.45) is 17.8 Å². The van der Waals surface area contributed by atoms with E-state index in [9.17, 15) is 0 Å². The van der Waals surface area contributed by atoms with Gasteiger partial charge in [0.25, 0.3) is 0 Å². The predicted octanol–water partition coefficient (Wildman–Crippen LogP) is 16.4. The van der Waals surface area contributed by atoms with E-state index < -0.39 is 0 Å². The van der Waals surface area contributed by atoms with Gasteiger partial charge >= 0.3 is 0 Å². The Labute approximate surface area is 337 Å². The highest BCUT2D eigenvalue weighted by atomic mass is 32.1. The summed E-state index contributed by atoms with van der Waals surface area (Å²) >= 11 is 4.99. The van der Waals surface area contributed by atoms with Crippen LogP contribution in [0.3, 0.4) is 0 Å². The molecule has 0 saturated heterocycles. The molecule has 0 spiro atoms. The molecule has 0 bridgehead atoms. The van der Waals surface area contributed by atoms with E-state index in [1.807, 2.05) is 28.7 Å². The van der Waals surface area contributed by atoms with Crippen molar-refractivity contribution in [1.29, 1.82) is 0 Å². The average molecular weight is 781 g/mol. The summed E-state index contributed by atoms with van der Waals surface area (Å²) in [4.78, 5) is 2.70. The van der Waals surface area contributed by atoms with Gasteiger partial charge in [-0.3, -0.25) is 0 Å². The maximum absolute atomic E-state index is 16.4. The second-order valence-corrected chi connectivity index (χ2v) is 18.5. The van der Waals surface area contributed by atoms with Crippen molar-refractivity contribution in [3.63, 3.8) is 0 Å². The van der Waals surface area contributed by atoms with Crippen LogP contribution < -0.4 is 0 Å². The SMILES string of the molecule is CCCCC(CC)Cc1cc(CC(CC)CCCC)cc(-c2ccc(-c3ccc(-c4cc5sc(CC(CC)CCCC)cc5s4)c4nsnc34)c(F)c2)c1. The zero-order valence-electron chi connectivity index (χ0n) is 33.6. The Balaban J connectivity index is 1.28. The number of thiophene rings is 2. The van der Waals surface area contributed by atoms with Gasteiger partial charge in [-0.05, 0) is 77.5 Å². The highest BCUT2D eigenvalue weighted by Crippen LogP contribution is 2.43. The maximum Gasteiger partial charge on any atom is 0.131 e. The fourth-order valence-electron chi connectivity index (χ4n) is 8.26. The number of halogens is 1. The minimum atomic E-state index is -0.209. The molecule has 288 valence electrons. The van der Waals surface area contributed by atoms with Crippen molar-refractivity contribution in [2.45, 2.75) is 138 Å². The lowest BCUT2D eigenvalue weighted by atomic mass is 9.86. The predicted molar refractivity (Wildman–Crippen MR) is 238 cm³/mol. The van der Waals surface area contributed by atoms with Gasteiger partial charge in [-0.2, -0.15) is 8.75 Å². The summed E-state index contributed by atoms with van der Waals surface area (Å²) in [5.41, 5.74) is 8.99. The molecule has 0 aliphatic carbocycles. The Morgan fingerprint density at radius 2 is 1.07 bits per heavy atom. The lowest BCUT2D eigenvalue weighted by Gasteiger charge is -2.19. The Bertz CT molecular complexity index is 2020. The van der Waals surface area contributed by atoms with E-state index in [2.05, 4.69) is 90.1 Å². The highest BCUT2D eigenvalue weighted by Gasteiger charge is 2.20. The fraction of sp³-hybridized carbons (Fsp3) is 0.500. The largest absolute Gasteiger partial charge is 0.206 e. The van der Waals surface area contributed by atoms with Crippen LogP contribution >= 0.6 is 34.4 Å². The Hall–Kier alpha value is -2.93. The maximum atomic E-state index is 16.4. The van der Waals surface area contributed by atoms with E-state index in [1.165, 1.54) is 125 Å². The minimum Gasteiger partial charge on any atom is -0.206 e. The number of benzene rings is 3. The summed E-state index contributed by atoms with van der Waals surface area (Å²) in [5.74, 6) is 1.93. The number of aromatic nitrogens is 2. The lowest BCUT2D eigenvalue weighted by Crippen LogP contribution is -2.07. The molecule has 0 N–H and O–H groups in total. The van der Waals surface area contributed by atoms with Gasteiger partial charge in [0.1, 0.15) is 16.9 Å². The van der Waals surface area contributed by atoms with E-state index in [-0.39, 0.29) is 5.82 Å². The second-order valence-electron chi connectivity index (χ2n) is 15.8. The minimum absolute atomic E-state index is 0.209. The van der Waals surface area contributed by atoms with E-state index in [0.29, 0.717) is 17.4 Å². The van der Waals surface area contributed by atoms with Crippen LogP contribution in [0.25, 0.3) is 53.1 Å². The molecule has 6 heteroatoms.